The number of esters is 5. The molecule has 18 nitrogen and oxygen atoms in total. The maximum atomic E-state index is 12.7. The van der Waals surface area contributed by atoms with Gasteiger partial charge in [0.05, 0.1) is 66.5 Å². The summed E-state index contributed by atoms with van der Waals surface area (Å²) in [6.07, 6.45) is 15.4. The van der Waals surface area contributed by atoms with E-state index in [-0.39, 0.29) is 95.3 Å². The Hall–Kier alpha value is -5.20. The molecule has 0 aromatic rings. The number of rotatable bonds is 14. The van der Waals surface area contributed by atoms with Crippen molar-refractivity contribution in [3.05, 3.63) is 48.6 Å². The highest BCUT2D eigenvalue weighted by Crippen LogP contribution is 2.33. The number of hydrogen-bond donors (Lipinski definition) is 6. The van der Waals surface area contributed by atoms with E-state index in [1.165, 1.54) is 0 Å². The Balaban J connectivity index is 0.000000417. The molecule has 0 aromatic heterocycles. The summed E-state index contributed by atoms with van der Waals surface area (Å²) in [4.78, 5) is 94.8. The number of allylic oxidation sites excluding steroid dienone is 8. The van der Waals surface area contributed by atoms with Gasteiger partial charge in [0.1, 0.15) is 25.9 Å². The van der Waals surface area contributed by atoms with E-state index in [1.54, 1.807) is 36.5 Å². The summed E-state index contributed by atoms with van der Waals surface area (Å²) in [6.45, 7) is -1.84. The Labute approximate surface area is 327 Å². The fourth-order valence-corrected chi connectivity index (χ4v) is 6.75. The second kappa shape index (κ2) is 23.1. The highest BCUT2D eigenvalue weighted by molar-refractivity contribution is 5.96. The average molecular weight is 807 g/mol. The van der Waals surface area contributed by atoms with E-state index in [9.17, 15) is 53.7 Å². The van der Waals surface area contributed by atoms with Crippen molar-refractivity contribution in [2.45, 2.75) is 57.5 Å². The van der Waals surface area contributed by atoms with Crippen molar-refractivity contribution in [3.63, 3.8) is 0 Å². The molecule has 0 amide bonds. The Bertz CT molecular complexity index is 1420. The van der Waals surface area contributed by atoms with Crippen LogP contribution >= 0.6 is 0 Å². The number of cyclic esters (lactones) is 2. The van der Waals surface area contributed by atoms with Gasteiger partial charge in [0.2, 0.25) is 0 Å². The summed E-state index contributed by atoms with van der Waals surface area (Å²) in [6, 6.07) is 0. The van der Waals surface area contributed by atoms with Gasteiger partial charge in [0.15, 0.2) is 0 Å². The van der Waals surface area contributed by atoms with Crippen LogP contribution in [0.1, 0.15) is 51.4 Å². The lowest BCUT2D eigenvalue weighted by molar-refractivity contribution is -0.166. The van der Waals surface area contributed by atoms with E-state index in [1.807, 2.05) is 12.2 Å². The number of carbonyl (C=O) groups is 8. The first-order valence-electron chi connectivity index (χ1n) is 18.6. The molecule has 5 rings (SSSR count). The molecular weight excluding hydrogens is 756 g/mol. The van der Waals surface area contributed by atoms with E-state index in [4.69, 9.17) is 29.5 Å². The molecule has 1 aliphatic heterocycles. The van der Waals surface area contributed by atoms with Crippen LogP contribution in [0.3, 0.4) is 0 Å². The third-order valence-corrected chi connectivity index (χ3v) is 10.2. The van der Waals surface area contributed by atoms with Crippen molar-refractivity contribution in [1.82, 2.24) is 0 Å². The predicted octanol–water partition coefficient (Wildman–Crippen LogP) is 1.22. The van der Waals surface area contributed by atoms with Crippen molar-refractivity contribution < 1.29 is 87.9 Å². The number of hydrogen-bond acceptors (Lipinski definition) is 15. The summed E-state index contributed by atoms with van der Waals surface area (Å²) < 4.78 is 20.6. The molecule has 5 aliphatic rings. The Morgan fingerprint density at radius 2 is 0.772 bits per heavy atom. The third-order valence-electron chi connectivity index (χ3n) is 10.2. The molecule has 4 aliphatic carbocycles. The number of carboxylic acids is 3. The molecule has 8 atom stereocenters. The van der Waals surface area contributed by atoms with E-state index >= 15 is 0 Å². The van der Waals surface area contributed by atoms with Gasteiger partial charge in [-0.3, -0.25) is 38.4 Å². The number of ether oxygens (including phenoxy) is 4. The molecule has 0 aromatic carbocycles. The zero-order chi connectivity index (χ0) is 42.1. The first kappa shape index (κ1) is 46.2. The molecule has 0 spiro atoms. The van der Waals surface area contributed by atoms with Crippen LogP contribution in [0.25, 0.3) is 0 Å². The highest BCUT2D eigenvalue weighted by atomic mass is 16.6. The molecule has 0 saturated carbocycles. The second-order valence-electron chi connectivity index (χ2n) is 14.2. The summed E-state index contributed by atoms with van der Waals surface area (Å²) in [7, 11) is 0. The number of aliphatic hydroxyl groups is 3. The molecule has 0 radical (unpaired) electrons. The predicted molar refractivity (Wildman–Crippen MR) is 192 cm³/mol. The SMILES string of the molecule is O=C(O)C1CC=CCC1C(=O)OCC(COC(=O)C1CC=CCC1C(=O)O)COC(=O)C1CC=CCC1C(=O)O.O=C1OC(=O)C2CC=CCC12.OCC(O)CO. The number of carboxylic acid groups (broad SMARTS) is 3. The maximum absolute atomic E-state index is 12.7. The van der Waals surface area contributed by atoms with Crippen LogP contribution in [0.2, 0.25) is 0 Å². The zero-order valence-electron chi connectivity index (χ0n) is 31.2. The summed E-state index contributed by atoms with van der Waals surface area (Å²) >= 11 is 0. The third kappa shape index (κ3) is 13.7. The van der Waals surface area contributed by atoms with Crippen molar-refractivity contribution in [2.24, 2.45) is 53.3 Å². The largest absolute Gasteiger partial charge is 0.481 e. The van der Waals surface area contributed by atoms with Gasteiger partial charge in [-0.25, -0.2) is 0 Å². The minimum absolute atomic E-state index is 0.176. The normalized spacial score (nSPS) is 27.6. The van der Waals surface area contributed by atoms with Crippen LogP contribution in [0.5, 0.6) is 0 Å². The van der Waals surface area contributed by atoms with E-state index in [0.29, 0.717) is 12.8 Å². The fourth-order valence-electron chi connectivity index (χ4n) is 6.75. The Kier molecular flexibility index (Phi) is 18.7. The molecule has 1 saturated heterocycles. The topological polar surface area (TPSA) is 295 Å². The lowest BCUT2D eigenvalue weighted by atomic mass is 9.83. The Morgan fingerprint density at radius 1 is 0.509 bits per heavy atom. The van der Waals surface area contributed by atoms with Crippen molar-refractivity contribution in [2.75, 3.05) is 33.0 Å². The van der Waals surface area contributed by atoms with Crippen LogP contribution in [0, 0.1) is 53.3 Å². The quantitative estimate of drug-likeness (QED) is 0.0622. The molecule has 0 bridgehead atoms. The average Bonchev–Trinajstić information content (AvgIpc) is 3.52. The van der Waals surface area contributed by atoms with Gasteiger partial charge in [-0.1, -0.05) is 48.6 Å². The number of carbonyl (C=O) groups excluding carboxylic acids is 5. The first-order valence-corrected chi connectivity index (χ1v) is 18.6. The molecule has 314 valence electrons. The lowest BCUT2D eigenvalue weighted by Crippen LogP contribution is -2.37. The van der Waals surface area contributed by atoms with Gasteiger partial charge >= 0.3 is 47.8 Å². The van der Waals surface area contributed by atoms with E-state index in [0.717, 1.165) is 0 Å². The van der Waals surface area contributed by atoms with Crippen molar-refractivity contribution in [3.8, 4) is 0 Å². The summed E-state index contributed by atoms with van der Waals surface area (Å²) in [5, 5.41) is 52.3. The molecule has 6 N–H and O–H groups in total. The summed E-state index contributed by atoms with van der Waals surface area (Å²) in [5.74, 6) is -13.2. The van der Waals surface area contributed by atoms with Crippen LogP contribution < -0.4 is 0 Å². The van der Waals surface area contributed by atoms with Crippen LogP contribution in [-0.2, 0) is 57.3 Å². The first-order chi connectivity index (χ1) is 27.2. The molecule has 18 heteroatoms. The fraction of sp³-hybridized carbons (Fsp3) is 0.590. The zero-order valence-corrected chi connectivity index (χ0v) is 31.2. The standard InChI is InChI=1S/C28H34O12.C8H8O3.C3H8O3/c29-23(30)17-7-1-4-10-20(17)26(35)38-13-16(14-39-27(36)21-11-5-2-8-18(21)24(31)32)15-40-28(37)22-12-6-3-9-19(22)25(33)34;9-7-5-3-1-2-4-6(5)8(10)11-7;4-1-3(6)2-5/h1-6,16-22H,7-15H2,(H,29,30)(H,31,32)(H,33,34);1-2,5-6H,3-4H2;3-6H,1-2H2. The van der Waals surface area contributed by atoms with Gasteiger partial charge in [-0.05, 0) is 51.4 Å². The van der Waals surface area contributed by atoms with Crippen LogP contribution in [0.4, 0.5) is 0 Å². The molecule has 57 heavy (non-hydrogen) atoms. The number of fused-ring (bicyclic) bond motifs is 1. The van der Waals surface area contributed by atoms with Gasteiger partial charge in [0, 0.05) is 0 Å². The smallest absolute Gasteiger partial charge is 0.317 e. The molecule has 8 unspecified atom stereocenters. The van der Waals surface area contributed by atoms with Gasteiger partial charge in [0.25, 0.3) is 0 Å². The maximum Gasteiger partial charge on any atom is 0.317 e. The van der Waals surface area contributed by atoms with Gasteiger partial charge in [-0.2, -0.15) is 0 Å². The lowest BCUT2D eigenvalue weighted by Gasteiger charge is -2.27. The molecule has 1 fully saturated rings. The van der Waals surface area contributed by atoms with E-state index in [2.05, 4.69) is 4.74 Å². The highest BCUT2D eigenvalue weighted by Gasteiger charge is 2.44. The van der Waals surface area contributed by atoms with E-state index < -0.39 is 83.3 Å². The summed E-state index contributed by atoms with van der Waals surface area (Å²) in [5.41, 5.74) is 0. The van der Waals surface area contributed by atoms with Crippen LogP contribution in [0.15, 0.2) is 48.6 Å². The second-order valence-corrected chi connectivity index (χ2v) is 14.2. The monoisotopic (exact) mass is 806 g/mol. The number of aliphatic hydroxyl groups excluding tert-OH is 3. The number of aliphatic carboxylic acids is 3. The van der Waals surface area contributed by atoms with Crippen LogP contribution in [-0.4, -0.2) is 118 Å². The minimum Gasteiger partial charge on any atom is -0.481 e. The van der Waals surface area contributed by atoms with Gasteiger partial charge in [-0.15, -0.1) is 0 Å². The van der Waals surface area contributed by atoms with Crippen molar-refractivity contribution >= 4 is 47.8 Å². The molecule has 1 heterocycles. The molecular formula is C39H50O18. The van der Waals surface area contributed by atoms with Gasteiger partial charge < -0.3 is 49.6 Å². The van der Waals surface area contributed by atoms with Crippen molar-refractivity contribution in [1.29, 1.82) is 0 Å². The minimum atomic E-state index is -1.13. The Morgan fingerprint density at radius 3 is 1.02 bits per heavy atom.